The van der Waals surface area contributed by atoms with E-state index in [2.05, 4.69) is 28.4 Å². The van der Waals surface area contributed by atoms with Gasteiger partial charge in [0, 0.05) is 0 Å². The standard InChI is InChI=1S/2Na.H2Se3/c;;1-3-2/h;;1-2H/q2*+1;/p-2. The summed E-state index contributed by atoms with van der Waals surface area (Å²) in [6, 6.07) is 0. The molecule has 0 aliphatic carbocycles. The average Bonchev–Trinajstić information content (AvgIpc) is 0.918. The van der Waals surface area contributed by atoms with Crippen LogP contribution in [0.25, 0.3) is 0 Å². The quantitative estimate of drug-likeness (QED) is 0.388. The van der Waals surface area contributed by atoms with E-state index >= 15 is 0 Å². The first-order valence-electron chi connectivity index (χ1n) is 0.333. The van der Waals surface area contributed by atoms with Crippen LogP contribution >= 0.6 is 0 Å². The van der Waals surface area contributed by atoms with Gasteiger partial charge in [0.05, 0.1) is 0 Å². The summed E-state index contributed by atoms with van der Waals surface area (Å²) >= 11 is 6.25. The van der Waals surface area contributed by atoms with Gasteiger partial charge in [-0.15, -0.1) is 0 Å². The Bertz CT molecular complexity index is 4.85. The monoisotopic (exact) mass is 286 g/mol. The van der Waals surface area contributed by atoms with Gasteiger partial charge in [-0.3, -0.25) is 0 Å². The van der Waals surface area contributed by atoms with Crippen LogP contribution in [0.15, 0.2) is 0 Å². The maximum absolute atomic E-state index is 2.81. The van der Waals surface area contributed by atoms with Crippen molar-refractivity contribution in [3.63, 3.8) is 0 Å². The number of hydrogen-bond donors (Lipinski definition) is 0. The molecule has 0 unspecified atom stereocenters. The van der Waals surface area contributed by atoms with Gasteiger partial charge < -0.3 is 0 Å². The van der Waals surface area contributed by atoms with E-state index in [1.54, 1.807) is 0 Å². The number of rotatable bonds is 0. The van der Waals surface area contributed by atoms with Gasteiger partial charge in [-0.25, -0.2) is 0 Å². The van der Waals surface area contributed by atoms with Gasteiger partial charge in [0.1, 0.15) is 0 Å². The first kappa shape index (κ1) is 15.8. The van der Waals surface area contributed by atoms with Gasteiger partial charge in [0.25, 0.3) is 0 Å². The van der Waals surface area contributed by atoms with Crippen molar-refractivity contribution in [1.29, 1.82) is 0 Å². The fraction of sp³-hybridized carbons (Fsp3) is 0. The molecule has 0 nitrogen and oxygen atoms in total. The third-order valence-electron chi connectivity index (χ3n) is 0. The van der Waals surface area contributed by atoms with Crippen molar-refractivity contribution in [3.8, 4) is 0 Å². The van der Waals surface area contributed by atoms with Crippen LogP contribution in [0.4, 0.5) is 0 Å². The minimum atomic E-state index is 0. The molecule has 0 amide bonds. The molecule has 0 fully saturated rings. The topological polar surface area (TPSA) is 0 Å². The Hall–Kier alpha value is 3.56. The minimum absolute atomic E-state index is 0. The molecule has 0 atom stereocenters. The molecule has 0 saturated carbocycles. The van der Waals surface area contributed by atoms with Crippen molar-refractivity contribution in [3.05, 3.63) is 0 Å². The molecule has 0 aromatic carbocycles. The van der Waals surface area contributed by atoms with E-state index in [0.29, 0.717) is 11.3 Å². The van der Waals surface area contributed by atoms with Crippen LogP contribution in [0, 0.1) is 0 Å². The first-order valence-corrected chi connectivity index (χ1v) is 9.00. The first-order chi connectivity index (χ1) is 1.41. The van der Waals surface area contributed by atoms with Gasteiger partial charge >= 0.3 is 98.8 Å². The van der Waals surface area contributed by atoms with Crippen LogP contribution < -0.4 is 59.1 Å². The van der Waals surface area contributed by atoms with Gasteiger partial charge in [-0.2, -0.15) is 0 Å². The summed E-state index contributed by atoms with van der Waals surface area (Å²) in [4.78, 5) is 0. The Balaban J connectivity index is -0.0000000200. The molecule has 0 aliphatic heterocycles. The van der Waals surface area contributed by atoms with Crippen molar-refractivity contribution < 1.29 is 59.1 Å². The molecule has 0 saturated heterocycles. The molecule has 0 spiro atoms. The summed E-state index contributed by atoms with van der Waals surface area (Å²) in [5.74, 6) is 0. The van der Waals surface area contributed by atoms with Crippen LogP contribution in [-0.2, 0) is 0 Å². The van der Waals surface area contributed by atoms with E-state index in [-0.39, 0.29) is 59.1 Å². The second kappa shape index (κ2) is 15.6. The molecule has 0 N–H and O–H groups in total. The molecule has 0 rings (SSSR count). The summed E-state index contributed by atoms with van der Waals surface area (Å²) in [6.45, 7) is 0. The normalized spacial score (nSPS) is 3.60. The third kappa shape index (κ3) is 18.4. The van der Waals surface area contributed by atoms with Crippen molar-refractivity contribution in [2.24, 2.45) is 0 Å². The predicted octanol–water partition coefficient (Wildman–Crippen LogP) is -7.13. The molecule has 0 aliphatic rings. The average molecular weight is 283 g/mol. The second-order valence-corrected chi connectivity index (χ2v) is 9.55. The van der Waals surface area contributed by atoms with Crippen LogP contribution in [-0.4, -0.2) is 39.7 Å². The Labute approximate surface area is 96.5 Å². The van der Waals surface area contributed by atoms with Crippen LogP contribution in [0.1, 0.15) is 0 Å². The molecule has 0 radical (unpaired) electrons. The van der Waals surface area contributed by atoms with E-state index in [9.17, 15) is 0 Å². The molecule has 0 heterocycles. The molecule has 0 bridgehead atoms. The van der Waals surface area contributed by atoms with E-state index in [0.717, 1.165) is 0 Å². The van der Waals surface area contributed by atoms with Gasteiger partial charge in [-0.05, 0) is 0 Å². The van der Waals surface area contributed by atoms with E-state index in [4.69, 9.17) is 0 Å². The van der Waals surface area contributed by atoms with E-state index < -0.39 is 0 Å². The fourth-order valence-corrected chi connectivity index (χ4v) is 0. The second-order valence-electron chi connectivity index (χ2n) is 0.0680. The van der Waals surface area contributed by atoms with E-state index in [1.165, 1.54) is 0 Å². The van der Waals surface area contributed by atoms with Crippen LogP contribution in [0.3, 0.4) is 0 Å². The Morgan fingerprint density at radius 1 is 1.00 bits per heavy atom. The molecule has 20 valence electrons. The van der Waals surface area contributed by atoms with Gasteiger partial charge in [0.2, 0.25) is 0 Å². The molecule has 0 aromatic rings. The van der Waals surface area contributed by atoms with Crippen molar-refractivity contribution in [1.82, 2.24) is 0 Å². The zero-order valence-corrected chi connectivity index (χ0v) is 12.4. The number of hydrogen-bond acceptors (Lipinski definition) is 0. The summed E-state index contributed by atoms with van der Waals surface area (Å²) in [7, 11) is 0. The summed E-state index contributed by atoms with van der Waals surface area (Å²) in [6.07, 6.45) is 0. The van der Waals surface area contributed by atoms with Crippen LogP contribution in [0.2, 0.25) is 0 Å². The van der Waals surface area contributed by atoms with Crippen LogP contribution in [0.5, 0.6) is 0 Å². The summed E-state index contributed by atoms with van der Waals surface area (Å²) in [5, 5.41) is 0. The Morgan fingerprint density at radius 3 is 1.00 bits per heavy atom. The van der Waals surface area contributed by atoms with E-state index in [1.807, 2.05) is 0 Å². The van der Waals surface area contributed by atoms with Gasteiger partial charge in [0.15, 0.2) is 0 Å². The maximum atomic E-state index is 2.81. The van der Waals surface area contributed by atoms with Crippen molar-refractivity contribution in [2.45, 2.75) is 0 Å². The molecule has 5 heteroatoms. The molecular weight excluding hydrogens is 283 g/mol. The van der Waals surface area contributed by atoms with Crippen molar-refractivity contribution in [2.75, 3.05) is 0 Å². The Morgan fingerprint density at radius 2 is 1.00 bits per heavy atom. The molecule has 5 heavy (non-hydrogen) atoms. The van der Waals surface area contributed by atoms with Crippen molar-refractivity contribution >= 4 is 39.7 Å². The summed E-state index contributed by atoms with van der Waals surface area (Å²) in [5.41, 5.74) is 0. The fourth-order valence-electron chi connectivity index (χ4n) is 0. The predicted molar refractivity (Wildman–Crippen MR) is 17.3 cm³/mol. The molecule has 0 aromatic heterocycles. The molecular formula is Na2Se3. The zero-order chi connectivity index (χ0) is 2.71. The van der Waals surface area contributed by atoms with Gasteiger partial charge in [-0.1, -0.05) is 0 Å². The zero-order valence-electron chi connectivity index (χ0n) is 3.22. The SMILES string of the molecule is [Na+].[Na+].[Se-][Se][Se-]. The Kier molecular flexibility index (Phi) is 49.5. The summed E-state index contributed by atoms with van der Waals surface area (Å²) < 4.78 is 0. The third-order valence-corrected chi connectivity index (χ3v) is 0.